The van der Waals surface area contributed by atoms with Crippen LogP contribution in [0.15, 0.2) is 30.5 Å². The van der Waals surface area contributed by atoms with Gasteiger partial charge in [0, 0.05) is 31.7 Å². The van der Waals surface area contributed by atoms with Crippen LogP contribution in [0.4, 0.5) is 4.39 Å². The van der Waals surface area contributed by atoms with E-state index in [0.29, 0.717) is 25.9 Å². The number of rotatable bonds is 3. The molecular formula is C19H25FN4O2S. The minimum absolute atomic E-state index is 0.133. The van der Waals surface area contributed by atoms with Crippen LogP contribution in [0.5, 0.6) is 0 Å². The molecule has 1 saturated heterocycles. The molecule has 0 atom stereocenters. The molecule has 0 N–H and O–H groups in total. The minimum atomic E-state index is -3.17. The fraction of sp³-hybridized carbons (Fsp3) is 0.526. The lowest BCUT2D eigenvalue weighted by molar-refractivity contribution is 0.0275. The second-order valence-electron chi connectivity index (χ2n) is 7.38. The van der Waals surface area contributed by atoms with E-state index in [0.717, 1.165) is 30.2 Å². The second kappa shape index (κ2) is 6.68. The summed E-state index contributed by atoms with van der Waals surface area (Å²) in [5.41, 5.74) is 1.46. The zero-order valence-electron chi connectivity index (χ0n) is 15.7. The van der Waals surface area contributed by atoms with Gasteiger partial charge in [0.2, 0.25) is 10.0 Å². The fourth-order valence-corrected chi connectivity index (χ4v) is 5.51. The first kappa shape index (κ1) is 18.6. The molecule has 6 nitrogen and oxygen atoms in total. The van der Waals surface area contributed by atoms with Crippen LogP contribution in [0.1, 0.15) is 25.6 Å². The highest BCUT2D eigenvalue weighted by atomic mass is 32.2. The van der Waals surface area contributed by atoms with Gasteiger partial charge in [-0.25, -0.2) is 22.1 Å². The number of halogens is 1. The number of aromatic nitrogens is 2. The quantitative estimate of drug-likeness (QED) is 0.804. The summed E-state index contributed by atoms with van der Waals surface area (Å²) in [5.74, 6) is 0.835. The number of fused-ring (bicyclic) bond motifs is 2. The number of sulfonamides is 1. The molecule has 2 aliphatic heterocycles. The van der Waals surface area contributed by atoms with E-state index in [-0.39, 0.29) is 17.1 Å². The van der Waals surface area contributed by atoms with Crippen molar-refractivity contribution in [3.05, 3.63) is 42.1 Å². The van der Waals surface area contributed by atoms with Gasteiger partial charge in [0.25, 0.3) is 0 Å². The molecule has 2 aromatic rings. The maximum atomic E-state index is 13.7. The molecular weight excluding hydrogens is 367 g/mol. The Morgan fingerprint density at radius 3 is 2.59 bits per heavy atom. The Balaban J connectivity index is 1.70. The zero-order chi connectivity index (χ0) is 19.2. The number of imidazole rings is 1. The third kappa shape index (κ3) is 2.99. The van der Waals surface area contributed by atoms with Gasteiger partial charge in [-0.3, -0.25) is 4.90 Å². The Hall–Kier alpha value is -1.77. The summed E-state index contributed by atoms with van der Waals surface area (Å²) in [4.78, 5) is 7.03. The lowest BCUT2D eigenvalue weighted by Gasteiger charge is -2.49. The standard InChI is InChI=1S/C19H25FN4O2S/c1-3-27(25,26)23-9-7-19(8-10-23)18-21-14-17(24(18)12-11-22(19)2)15-5-4-6-16(20)13-15/h4-6,13-14H,3,7-12H2,1-2H3. The average molecular weight is 393 g/mol. The summed E-state index contributed by atoms with van der Waals surface area (Å²) < 4.78 is 41.9. The van der Waals surface area contributed by atoms with Gasteiger partial charge in [0.1, 0.15) is 11.6 Å². The van der Waals surface area contributed by atoms with Crippen molar-refractivity contribution < 1.29 is 12.8 Å². The highest BCUT2D eigenvalue weighted by Crippen LogP contribution is 2.42. The first-order valence-corrected chi connectivity index (χ1v) is 11.0. The van der Waals surface area contributed by atoms with Crippen LogP contribution in [-0.4, -0.2) is 59.6 Å². The van der Waals surface area contributed by atoms with Crippen molar-refractivity contribution in [2.45, 2.75) is 31.8 Å². The van der Waals surface area contributed by atoms with Gasteiger partial charge in [-0.15, -0.1) is 0 Å². The van der Waals surface area contributed by atoms with Gasteiger partial charge in [-0.1, -0.05) is 12.1 Å². The Morgan fingerprint density at radius 2 is 1.93 bits per heavy atom. The van der Waals surface area contributed by atoms with E-state index in [2.05, 4.69) is 16.5 Å². The molecule has 27 heavy (non-hydrogen) atoms. The summed E-state index contributed by atoms with van der Waals surface area (Å²) in [6.45, 7) is 4.33. The van der Waals surface area contributed by atoms with E-state index in [1.54, 1.807) is 17.3 Å². The number of nitrogens with zero attached hydrogens (tertiary/aromatic N) is 4. The van der Waals surface area contributed by atoms with E-state index >= 15 is 0 Å². The highest BCUT2D eigenvalue weighted by molar-refractivity contribution is 7.89. The molecule has 146 valence electrons. The average Bonchev–Trinajstić information content (AvgIpc) is 3.10. The van der Waals surface area contributed by atoms with Gasteiger partial charge in [-0.05, 0) is 38.9 Å². The van der Waals surface area contributed by atoms with E-state index in [1.165, 1.54) is 12.1 Å². The summed E-state index contributed by atoms with van der Waals surface area (Å²) in [5, 5.41) is 0. The number of benzene rings is 1. The largest absolute Gasteiger partial charge is 0.325 e. The van der Waals surface area contributed by atoms with E-state index in [4.69, 9.17) is 4.98 Å². The van der Waals surface area contributed by atoms with Crippen LogP contribution < -0.4 is 0 Å². The van der Waals surface area contributed by atoms with Crippen LogP contribution in [0, 0.1) is 5.82 Å². The smallest absolute Gasteiger partial charge is 0.213 e. The van der Waals surface area contributed by atoms with Gasteiger partial charge >= 0.3 is 0 Å². The monoisotopic (exact) mass is 392 g/mol. The lowest BCUT2D eigenvalue weighted by atomic mass is 9.84. The first-order chi connectivity index (χ1) is 12.9. The summed E-state index contributed by atoms with van der Waals surface area (Å²) >= 11 is 0. The molecule has 0 amide bonds. The summed E-state index contributed by atoms with van der Waals surface area (Å²) in [6.07, 6.45) is 3.24. The van der Waals surface area contributed by atoms with Crippen LogP contribution in [0.25, 0.3) is 11.3 Å². The molecule has 2 aliphatic rings. The van der Waals surface area contributed by atoms with Gasteiger partial charge < -0.3 is 4.57 Å². The van der Waals surface area contributed by atoms with Crippen molar-refractivity contribution in [1.82, 2.24) is 18.8 Å². The van der Waals surface area contributed by atoms with Crippen molar-refractivity contribution >= 4 is 10.0 Å². The van der Waals surface area contributed by atoms with Gasteiger partial charge in [0.15, 0.2) is 0 Å². The van der Waals surface area contributed by atoms with Crippen LogP contribution in [0.2, 0.25) is 0 Å². The summed E-state index contributed by atoms with van der Waals surface area (Å²) in [7, 11) is -1.08. The van der Waals surface area contributed by atoms with Crippen molar-refractivity contribution in [3.63, 3.8) is 0 Å². The molecule has 1 fully saturated rings. The second-order valence-corrected chi connectivity index (χ2v) is 9.64. The molecule has 1 aromatic carbocycles. The van der Waals surface area contributed by atoms with E-state index < -0.39 is 10.0 Å². The Kier molecular flexibility index (Phi) is 4.60. The molecule has 0 saturated carbocycles. The molecule has 3 heterocycles. The van der Waals surface area contributed by atoms with E-state index in [1.807, 2.05) is 12.3 Å². The topological polar surface area (TPSA) is 58.4 Å². The molecule has 0 radical (unpaired) electrons. The zero-order valence-corrected chi connectivity index (χ0v) is 16.5. The number of hydrogen-bond donors (Lipinski definition) is 0. The van der Waals surface area contributed by atoms with Crippen molar-refractivity contribution in [1.29, 1.82) is 0 Å². The molecule has 1 spiro atoms. The van der Waals surface area contributed by atoms with Gasteiger partial charge in [-0.2, -0.15) is 0 Å². The Morgan fingerprint density at radius 1 is 1.19 bits per heavy atom. The minimum Gasteiger partial charge on any atom is -0.325 e. The molecule has 8 heteroatoms. The maximum Gasteiger partial charge on any atom is 0.213 e. The van der Waals surface area contributed by atoms with Gasteiger partial charge in [0.05, 0.1) is 23.2 Å². The predicted molar refractivity (Wildman–Crippen MR) is 102 cm³/mol. The van der Waals surface area contributed by atoms with Crippen molar-refractivity contribution in [3.8, 4) is 11.3 Å². The number of piperidine rings is 1. The van der Waals surface area contributed by atoms with Crippen molar-refractivity contribution in [2.24, 2.45) is 0 Å². The normalized spacial score (nSPS) is 20.7. The summed E-state index contributed by atoms with van der Waals surface area (Å²) in [6, 6.07) is 6.58. The SMILES string of the molecule is CCS(=O)(=O)N1CCC2(CC1)c1ncc(-c3cccc(F)c3)n1CCN2C. The Bertz CT molecular complexity index is 948. The third-order valence-corrected chi connectivity index (χ3v) is 7.97. The molecule has 0 bridgehead atoms. The molecule has 0 aliphatic carbocycles. The lowest BCUT2D eigenvalue weighted by Crippen LogP contribution is -2.57. The number of hydrogen-bond acceptors (Lipinski definition) is 4. The molecule has 0 unspecified atom stereocenters. The van der Waals surface area contributed by atoms with Crippen LogP contribution >= 0.6 is 0 Å². The highest BCUT2D eigenvalue weighted by Gasteiger charge is 2.47. The Labute approximate surface area is 159 Å². The first-order valence-electron chi connectivity index (χ1n) is 9.38. The van der Waals surface area contributed by atoms with Crippen LogP contribution in [-0.2, 0) is 22.1 Å². The van der Waals surface area contributed by atoms with Crippen LogP contribution in [0.3, 0.4) is 0 Å². The maximum absolute atomic E-state index is 13.7. The van der Waals surface area contributed by atoms with Crippen molar-refractivity contribution in [2.75, 3.05) is 32.4 Å². The third-order valence-electron chi connectivity index (χ3n) is 6.09. The number of likely N-dealkylation sites (N-methyl/N-ethyl adjacent to an activating group) is 1. The molecule has 4 rings (SSSR count). The predicted octanol–water partition coefficient (Wildman–Crippen LogP) is 2.28. The fourth-order valence-electron chi connectivity index (χ4n) is 4.41. The molecule has 1 aromatic heterocycles. The van der Waals surface area contributed by atoms with E-state index in [9.17, 15) is 12.8 Å².